The van der Waals surface area contributed by atoms with E-state index in [0.717, 1.165) is 18.3 Å². The summed E-state index contributed by atoms with van der Waals surface area (Å²) in [5.74, 6) is 2.14. The van der Waals surface area contributed by atoms with Crippen LogP contribution in [0.3, 0.4) is 0 Å². The molecule has 0 heterocycles. The molecule has 0 aromatic carbocycles. The predicted molar refractivity (Wildman–Crippen MR) is 66.0 cm³/mol. The van der Waals surface area contributed by atoms with Gasteiger partial charge < -0.3 is 5.11 Å². The minimum atomic E-state index is -0.0730. The van der Waals surface area contributed by atoms with Crippen LogP contribution in [0.5, 0.6) is 0 Å². The van der Waals surface area contributed by atoms with E-state index in [2.05, 4.69) is 33.8 Å². The maximum Gasteiger partial charge on any atom is 0.0613 e. The number of hydrogen-bond donors (Lipinski definition) is 1. The molecule has 1 spiro atoms. The van der Waals surface area contributed by atoms with Gasteiger partial charge in [-0.2, -0.15) is 0 Å². The van der Waals surface area contributed by atoms with Crippen molar-refractivity contribution in [3.05, 3.63) is 11.6 Å². The van der Waals surface area contributed by atoms with Gasteiger partial charge in [-0.15, -0.1) is 0 Å². The Hall–Kier alpha value is -0.300. The topological polar surface area (TPSA) is 20.2 Å². The van der Waals surface area contributed by atoms with E-state index in [4.69, 9.17) is 0 Å². The largest absolute Gasteiger partial charge is 0.392 e. The molecule has 0 saturated heterocycles. The third kappa shape index (κ3) is 0.895. The third-order valence-corrected chi connectivity index (χ3v) is 6.33. The number of aliphatic hydroxyl groups excluding tert-OH is 1. The molecule has 3 aliphatic carbocycles. The molecule has 1 nitrogen and oxygen atoms in total. The van der Waals surface area contributed by atoms with E-state index in [0.29, 0.717) is 5.92 Å². The maximum atomic E-state index is 10.6. The Bertz CT molecular complexity index is 358. The summed E-state index contributed by atoms with van der Waals surface area (Å²) < 4.78 is 0. The molecule has 2 unspecified atom stereocenters. The first kappa shape index (κ1) is 10.8. The van der Waals surface area contributed by atoms with Crippen LogP contribution in [0.15, 0.2) is 11.6 Å². The summed E-state index contributed by atoms with van der Waals surface area (Å²) in [4.78, 5) is 0. The molecule has 2 fully saturated rings. The first-order valence-electron chi connectivity index (χ1n) is 6.81. The maximum absolute atomic E-state index is 10.6. The zero-order valence-electron chi connectivity index (χ0n) is 11.0. The molecule has 6 atom stereocenters. The highest BCUT2D eigenvalue weighted by atomic mass is 16.3. The van der Waals surface area contributed by atoms with Gasteiger partial charge in [-0.1, -0.05) is 32.4 Å². The third-order valence-electron chi connectivity index (χ3n) is 6.33. The minimum Gasteiger partial charge on any atom is -0.392 e. The van der Waals surface area contributed by atoms with Gasteiger partial charge in [-0.3, -0.25) is 0 Å². The van der Waals surface area contributed by atoms with Gasteiger partial charge in [0, 0.05) is 5.41 Å². The lowest BCUT2D eigenvalue weighted by Crippen LogP contribution is -2.66. The van der Waals surface area contributed by atoms with Crippen molar-refractivity contribution in [3.8, 4) is 0 Å². The molecule has 0 radical (unpaired) electrons. The fourth-order valence-corrected chi connectivity index (χ4v) is 5.55. The molecule has 0 aliphatic heterocycles. The van der Waals surface area contributed by atoms with E-state index in [-0.39, 0.29) is 16.9 Å². The Kier molecular flexibility index (Phi) is 1.98. The van der Waals surface area contributed by atoms with Gasteiger partial charge in [0.15, 0.2) is 0 Å². The van der Waals surface area contributed by atoms with Crippen molar-refractivity contribution in [2.24, 2.45) is 28.6 Å². The lowest BCUT2D eigenvalue weighted by Gasteiger charge is -2.68. The van der Waals surface area contributed by atoms with E-state index in [1.807, 2.05) is 0 Å². The minimum absolute atomic E-state index is 0.0730. The van der Waals surface area contributed by atoms with Crippen LogP contribution < -0.4 is 0 Å². The highest BCUT2D eigenvalue weighted by Gasteiger charge is 2.71. The van der Waals surface area contributed by atoms with Gasteiger partial charge >= 0.3 is 0 Å². The number of rotatable bonds is 0. The fraction of sp³-hybridized carbons (Fsp3) is 0.867. The number of allylic oxidation sites excluding steroid dienone is 2. The molecule has 1 heteroatoms. The molecule has 0 aromatic rings. The number of hydrogen-bond acceptors (Lipinski definition) is 1. The molecule has 90 valence electrons. The van der Waals surface area contributed by atoms with E-state index in [1.165, 1.54) is 18.4 Å². The Morgan fingerprint density at radius 1 is 1.31 bits per heavy atom. The van der Waals surface area contributed by atoms with Crippen molar-refractivity contribution in [1.29, 1.82) is 0 Å². The molecule has 16 heavy (non-hydrogen) atoms. The van der Waals surface area contributed by atoms with Crippen LogP contribution in [-0.4, -0.2) is 11.2 Å². The molecular formula is C15H24O. The van der Waals surface area contributed by atoms with Crippen molar-refractivity contribution in [2.75, 3.05) is 0 Å². The summed E-state index contributed by atoms with van der Waals surface area (Å²) >= 11 is 0. The Morgan fingerprint density at radius 2 is 2.00 bits per heavy atom. The SMILES string of the molecule is CC1=C[C@@]2(C)CC3[C@H](C)CC[C@H](O)C32[C@H]1C. The average molecular weight is 220 g/mol. The Balaban J connectivity index is 2.08. The standard InChI is InChI=1S/C15H24O/c1-9-5-6-13(16)15-11(3)10(2)7-14(15,4)8-12(9)15/h7,9,11-13,16H,5-6,8H2,1-4H3/t9-,11+,12?,13+,14+,15?/m1/s1. The molecule has 0 amide bonds. The predicted octanol–water partition coefficient (Wildman–Crippen LogP) is 3.39. The van der Waals surface area contributed by atoms with Crippen LogP contribution in [0.2, 0.25) is 0 Å². The second-order valence-corrected chi connectivity index (χ2v) is 6.84. The summed E-state index contributed by atoms with van der Waals surface area (Å²) in [6.45, 7) is 9.35. The Morgan fingerprint density at radius 3 is 2.62 bits per heavy atom. The van der Waals surface area contributed by atoms with Crippen molar-refractivity contribution in [3.63, 3.8) is 0 Å². The van der Waals surface area contributed by atoms with Crippen molar-refractivity contribution < 1.29 is 5.11 Å². The van der Waals surface area contributed by atoms with Crippen LogP contribution in [0, 0.1) is 28.6 Å². The number of aliphatic hydroxyl groups is 1. The van der Waals surface area contributed by atoms with Crippen LogP contribution in [0.1, 0.15) is 47.0 Å². The monoisotopic (exact) mass is 220 g/mol. The zero-order chi connectivity index (χ0) is 11.7. The lowest BCUT2D eigenvalue weighted by molar-refractivity contribution is -0.229. The summed E-state index contributed by atoms with van der Waals surface area (Å²) in [5.41, 5.74) is 1.99. The molecule has 0 bridgehead atoms. The molecule has 1 N–H and O–H groups in total. The van der Waals surface area contributed by atoms with Gasteiger partial charge in [0.1, 0.15) is 0 Å². The smallest absolute Gasteiger partial charge is 0.0613 e. The lowest BCUT2D eigenvalue weighted by atomic mass is 9.36. The summed E-state index contributed by atoms with van der Waals surface area (Å²) in [6, 6.07) is 0. The first-order valence-corrected chi connectivity index (χ1v) is 6.81. The van der Waals surface area contributed by atoms with E-state index < -0.39 is 0 Å². The van der Waals surface area contributed by atoms with Gasteiger partial charge in [-0.05, 0) is 49.4 Å². The van der Waals surface area contributed by atoms with Gasteiger partial charge in [0.25, 0.3) is 0 Å². The molecular weight excluding hydrogens is 196 g/mol. The van der Waals surface area contributed by atoms with E-state index in [9.17, 15) is 5.11 Å². The molecule has 0 aromatic heterocycles. The van der Waals surface area contributed by atoms with Crippen LogP contribution in [0.25, 0.3) is 0 Å². The first-order chi connectivity index (χ1) is 7.43. The van der Waals surface area contributed by atoms with Crippen molar-refractivity contribution in [2.45, 2.75) is 53.1 Å². The Labute approximate surface area is 98.9 Å². The van der Waals surface area contributed by atoms with E-state index in [1.54, 1.807) is 0 Å². The molecule has 3 aliphatic rings. The van der Waals surface area contributed by atoms with E-state index >= 15 is 0 Å². The van der Waals surface area contributed by atoms with Gasteiger partial charge in [0.05, 0.1) is 6.10 Å². The zero-order valence-corrected chi connectivity index (χ0v) is 11.0. The van der Waals surface area contributed by atoms with Crippen LogP contribution >= 0.6 is 0 Å². The molecule has 2 saturated carbocycles. The van der Waals surface area contributed by atoms with Crippen molar-refractivity contribution in [1.82, 2.24) is 0 Å². The fourth-order valence-electron chi connectivity index (χ4n) is 5.55. The normalized spacial score (nSPS) is 59.7. The summed E-state index contributed by atoms with van der Waals surface area (Å²) in [7, 11) is 0. The van der Waals surface area contributed by atoms with Gasteiger partial charge in [0.2, 0.25) is 0 Å². The average Bonchev–Trinajstić information content (AvgIpc) is 2.33. The van der Waals surface area contributed by atoms with Gasteiger partial charge in [-0.25, -0.2) is 0 Å². The highest BCUT2D eigenvalue weighted by Crippen LogP contribution is 2.75. The van der Waals surface area contributed by atoms with Crippen LogP contribution in [-0.2, 0) is 0 Å². The van der Waals surface area contributed by atoms with Crippen molar-refractivity contribution >= 4 is 0 Å². The summed E-state index contributed by atoms with van der Waals surface area (Å²) in [6.07, 6.45) is 5.92. The second-order valence-electron chi connectivity index (χ2n) is 6.84. The summed E-state index contributed by atoms with van der Waals surface area (Å²) in [5, 5.41) is 10.6. The highest BCUT2D eigenvalue weighted by molar-refractivity contribution is 5.35. The molecule has 3 rings (SSSR count). The quantitative estimate of drug-likeness (QED) is 0.620. The van der Waals surface area contributed by atoms with Crippen LogP contribution in [0.4, 0.5) is 0 Å². The second kappa shape index (κ2) is 2.93.